The molecule has 0 aliphatic heterocycles. The van der Waals surface area contributed by atoms with Crippen LogP contribution in [0.5, 0.6) is 0 Å². The van der Waals surface area contributed by atoms with Crippen molar-refractivity contribution in [3.8, 4) is 11.3 Å². The molecular formula is C31H22N2. The zero-order valence-electron chi connectivity index (χ0n) is 18.6. The highest BCUT2D eigenvalue weighted by Crippen LogP contribution is 2.36. The molecule has 0 amide bonds. The molecule has 0 bridgehead atoms. The van der Waals surface area contributed by atoms with E-state index in [9.17, 15) is 0 Å². The lowest BCUT2D eigenvalue weighted by Crippen LogP contribution is -1.91. The van der Waals surface area contributed by atoms with Crippen LogP contribution in [0.25, 0.3) is 60.1 Å². The molecule has 0 N–H and O–H groups in total. The minimum Gasteiger partial charge on any atom is -0.298 e. The third-order valence-electron chi connectivity index (χ3n) is 7.02. The lowest BCUT2D eigenvalue weighted by Gasteiger charge is -2.11. The summed E-state index contributed by atoms with van der Waals surface area (Å²) in [6, 6.07) is 32.9. The summed E-state index contributed by atoms with van der Waals surface area (Å²) in [6.07, 6.45) is 2.22. The predicted octanol–water partition coefficient (Wildman–Crippen LogP) is 8.23. The molecule has 2 heterocycles. The van der Waals surface area contributed by atoms with E-state index in [1.165, 1.54) is 59.9 Å². The minimum absolute atomic E-state index is 1.01. The van der Waals surface area contributed by atoms with Gasteiger partial charge < -0.3 is 0 Å². The first-order chi connectivity index (χ1) is 16.2. The standard InChI is InChI=1S/C31H22N2/c1-19-8-7-9-20(2)30(19)28-18-33-29-17-26-22(15-14-21-10-3-4-11-23(21)26)16-27(29)24-12-5-6-13-25(24)31(33)32-28/h3-18H,1-2H3. The van der Waals surface area contributed by atoms with Crippen LogP contribution in [0.1, 0.15) is 11.1 Å². The van der Waals surface area contributed by atoms with E-state index in [-0.39, 0.29) is 0 Å². The highest BCUT2D eigenvalue weighted by molar-refractivity contribution is 6.18. The summed E-state index contributed by atoms with van der Waals surface area (Å²) in [6.45, 7) is 4.34. The topological polar surface area (TPSA) is 17.3 Å². The maximum absolute atomic E-state index is 5.19. The van der Waals surface area contributed by atoms with Crippen molar-refractivity contribution in [2.24, 2.45) is 0 Å². The van der Waals surface area contributed by atoms with Crippen LogP contribution in [0.2, 0.25) is 0 Å². The average molecular weight is 423 g/mol. The van der Waals surface area contributed by atoms with Crippen LogP contribution < -0.4 is 0 Å². The Bertz CT molecular complexity index is 1870. The fourth-order valence-electron chi connectivity index (χ4n) is 5.46. The number of aryl methyl sites for hydroxylation is 2. The van der Waals surface area contributed by atoms with Gasteiger partial charge in [0, 0.05) is 22.5 Å². The van der Waals surface area contributed by atoms with Crippen LogP contribution in [0, 0.1) is 13.8 Å². The average Bonchev–Trinajstić information content (AvgIpc) is 3.28. The van der Waals surface area contributed by atoms with Crippen molar-refractivity contribution in [3.63, 3.8) is 0 Å². The second-order valence-electron chi connectivity index (χ2n) is 9.01. The van der Waals surface area contributed by atoms with Crippen LogP contribution in [0.15, 0.2) is 97.2 Å². The lowest BCUT2D eigenvalue weighted by molar-refractivity contribution is 1.27. The zero-order valence-corrected chi connectivity index (χ0v) is 18.6. The van der Waals surface area contributed by atoms with Gasteiger partial charge in [-0.15, -0.1) is 0 Å². The Kier molecular flexibility index (Phi) is 3.72. The van der Waals surface area contributed by atoms with E-state index in [0.29, 0.717) is 0 Å². The molecule has 5 aromatic carbocycles. The molecule has 0 aliphatic rings. The summed E-state index contributed by atoms with van der Waals surface area (Å²) < 4.78 is 2.29. The minimum atomic E-state index is 1.01. The number of rotatable bonds is 1. The van der Waals surface area contributed by atoms with E-state index in [2.05, 4.69) is 115 Å². The summed E-state index contributed by atoms with van der Waals surface area (Å²) in [5.74, 6) is 0. The Morgan fingerprint density at radius 1 is 0.576 bits per heavy atom. The van der Waals surface area contributed by atoms with E-state index >= 15 is 0 Å². The van der Waals surface area contributed by atoms with Crippen molar-refractivity contribution < 1.29 is 0 Å². The third kappa shape index (κ3) is 2.58. The van der Waals surface area contributed by atoms with Crippen molar-refractivity contribution >= 4 is 48.9 Å². The van der Waals surface area contributed by atoms with E-state index in [1.807, 2.05) is 0 Å². The molecule has 7 aromatic rings. The fourth-order valence-corrected chi connectivity index (χ4v) is 5.46. The molecular weight excluding hydrogens is 400 g/mol. The molecule has 0 fully saturated rings. The van der Waals surface area contributed by atoms with Gasteiger partial charge in [0.2, 0.25) is 0 Å². The molecule has 2 aromatic heterocycles. The number of benzene rings is 5. The van der Waals surface area contributed by atoms with Crippen LogP contribution >= 0.6 is 0 Å². The number of nitrogens with zero attached hydrogens (tertiary/aromatic N) is 2. The van der Waals surface area contributed by atoms with Crippen LogP contribution in [-0.4, -0.2) is 9.38 Å². The van der Waals surface area contributed by atoms with Gasteiger partial charge >= 0.3 is 0 Å². The molecule has 33 heavy (non-hydrogen) atoms. The monoisotopic (exact) mass is 422 g/mol. The molecule has 7 rings (SSSR count). The Morgan fingerprint density at radius 2 is 1.27 bits per heavy atom. The Balaban J connectivity index is 1.69. The Hall–Kier alpha value is -4.17. The van der Waals surface area contributed by atoms with Crippen molar-refractivity contribution in [1.29, 1.82) is 0 Å². The Labute approximate surface area is 191 Å². The number of hydrogen-bond acceptors (Lipinski definition) is 1. The molecule has 0 unspecified atom stereocenters. The lowest BCUT2D eigenvalue weighted by atomic mass is 9.98. The van der Waals surface area contributed by atoms with E-state index in [0.717, 1.165) is 11.3 Å². The number of aromatic nitrogens is 2. The molecule has 0 aliphatic carbocycles. The van der Waals surface area contributed by atoms with Crippen molar-refractivity contribution in [2.75, 3.05) is 0 Å². The molecule has 0 saturated heterocycles. The molecule has 0 saturated carbocycles. The van der Waals surface area contributed by atoms with Gasteiger partial charge in [-0.3, -0.25) is 4.40 Å². The van der Waals surface area contributed by atoms with Gasteiger partial charge in [0.05, 0.1) is 11.2 Å². The van der Waals surface area contributed by atoms with Gasteiger partial charge in [-0.05, 0) is 64.0 Å². The summed E-state index contributed by atoms with van der Waals surface area (Å²) in [5, 5.41) is 8.78. The molecule has 2 nitrogen and oxygen atoms in total. The summed E-state index contributed by atoms with van der Waals surface area (Å²) in [7, 11) is 0. The second kappa shape index (κ2) is 6.66. The van der Waals surface area contributed by atoms with Crippen molar-refractivity contribution in [3.05, 3.63) is 108 Å². The molecule has 2 heteroatoms. The zero-order chi connectivity index (χ0) is 22.1. The van der Waals surface area contributed by atoms with E-state index in [1.54, 1.807) is 0 Å². The quantitative estimate of drug-likeness (QED) is 0.192. The summed E-state index contributed by atoms with van der Waals surface area (Å²) in [5.41, 5.74) is 6.96. The van der Waals surface area contributed by atoms with Crippen molar-refractivity contribution in [1.82, 2.24) is 9.38 Å². The number of pyridine rings is 1. The van der Waals surface area contributed by atoms with Crippen LogP contribution in [0.3, 0.4) is 0 Å². The SMILES string of the molecule is Cc1cccc(C)c1-c1cn2c3cc4c(ccc5ccccc54)cc3c3ccccc3c2n1. The number of fused-ring (bicyclic) bond motifs is 9. The van der Waals surface area contributed by atoms with Gasteiger partial charge in [0.1, 0.15) is 5.65 Å². The third-order valence-corrected chi connectivity index (χ3v) is 7.02. The normalized spacial score (nSPS) is 11.9. The number of hydrogen-bond donors (Lipinski definition) is 0. The first kappa shape index (κ1) is 18.4. The van der Waals surface area contributed by atoms with Crippen LogP contribution in [0.4, 0.5) is 0 Å². The molecule has 156 valence electrons. The maximum Gasteiger partial charge on any atom is 0.145 e. The highest BCUT2D eigenvalue weighted by atomic mass is 15.0. The fraction of sp³-hybridized carbons (Fsp3) is 0.0645. The summed E-state index contributed by atoms with van der Waals surface area (Å²) in [4.78, 5) is 5.19. The summed E-state index contributed by atoms with van der Waals surface area (Å²) >= 11 is 0. The second-order valence-corrected chi connectivity index (χ2v) is 9.01. The molecule has 0 atom stereocenters. The van der Waals surface area contributed by atoms with Gasteiger partial charge in [0.15, 0.2) is 0 Å². The van der Waals surface area contributed by atoms with Crippen molar-refractivity contribution in [2.45, 2.75) is 13.8 Å². The first-order valence-electron chi connectivity index (χ1n) is 11.4. The number of imidazole rings is 1. The van der Waals surface area contributed by atoms with Gasteiger partial charge in [-0.25, -0.2) is 4.98 Å². The largest absolute Gasteiger partial charge is 0.298 e. The first-order valence-corrected chi connectivity index (χ1v) is 11.4. The molecule has 0 spiro atoms. The van der Waals surface area contributed by atoms with E-state index < -0.39 is 0 Å². The highest BCUT2D eigenvalue weighted by Gasteiger charge is 2.16. The van der Waals surface area contributed by atoms with Gasteiger partial charge in [-0.1, -0.05) is 78.9 Å². The van der Waals surface area contributed by atoms with Crippen LogP contribution in [-0.2, 0) is 0 Å². The smallest absolute Gasteiger partial charge is 0.145 e. The predicted molar refractivity (Wildman–Crippen MR) is 140 cm³/mol. The molecule has 0 radical (unpaired) electrons. The van der Waals surface area contributed by atoms with Gasteiger partial charge in [0.25, 0.3) is 0 Å². The van der Waals surface area contributed by atoms with Gasteiger partial charge in [-0.2, -0.15) is 0 Å². The maximum atomic E-state index is 5.19. The van der Waals surface area contributed by atoms with E-state index in [4.69, 9.17) is 4.98 Å². The Morgan fingerprint density at radius 3 is 2.09 bits per heavy atom.